The summed E-state index contributed by atoms with van der Waals surface area (Å²) < 4.78 is 0. The van der Waals surface area contributed by atoms with Gasteiger partial charge in [-0.05, 0) is 54.5 Å². The molecule has 2 saturated heterocycles. The molecular formula is C29H34N2. The lowest BCUT2D eigenvalue weighted by Gasteiger charge is -2.35. The highest BCUT2D eigenvalue weighted by atomic mass is 15.2. The third kappa shape index (κ3) is 5.08. The predicted molar refractivity (Wildman–Crippen MR) is 129 cm³/mol. The molecule has 0 radical (unpaired) electrons. The fourth-order valence-electron chi connectivity index (χ4n) is 5.70. The molecule has 2 aliphatic rings. The number of rotatable bonds is 6. The second-order valence-electron chi connectivity index (χ2n) is 9.44. The third-order valence-electron chi connectivity index (χ3n) is 7.34. The van der Waals surface area contributed by atoms with Gasteiger partial charge in [-0.3, -0.25) is 4.90 Å². The lowest BCUT2D eigenvalue weighted by molar-refractivity contribution is 0.177. The van der Waals surface area contributed by atoms with Gasteiger partial charge in [0.05, 0.1) is 0 Å². The Kier molecular flexibility index (Phi) is 6.48. The van der Waals surface area contributed by atoms with Crippen LogP contribution in [0.1, 0.15) is 41.4 Å². The zero-order valence-electron chi connectivity index (χ0n) is 18.4. The first-order valence-corrected chi connectivity index (χ1v) is 11.9. The van der Waals surface area contributed by atoms with Crippen LogP contribution in [0.5, 0.6) is 0 Å². The summed E-state index contributed by atoms with van der Waals surface area (Å²) in [6, 6.07) is 33.3. The normalized spacial score (nSPS) is 23.2. The second-order valence-corrected chi connectivity index (χ2v) is 9.44. The minimum Gasteiger partial charge on any atom is -0.303 e. The van der Waals surface area contributed by atoms with Gasteiger partial charge in [-0.25, -0.2) is 0 Å². The molecule has 2 atom stereocenters. The van der Waals surface area contributed by atoms with Gasteiger partial charge in [0.1, 0.15) is 0 Å². The summed E-state index contributed by atoms with van der Waals surface area (Å²) in [5, 5.41) is 0. The number of benzene rings is 3. The summed E-state index contributed by atoms with van der Waals surface area (Å²) in [6.45, 7) is 7.13. The maximum atomic E-state index is 2.74. The molecule has 2 nitrogen and oxygen atoms in total. The molecule has 2 fully saturated rings. The molecule has 2 heteroatoms. The van der Waals surface area contributed by atoms with Gasteiger partial charge in [0.15, 0.2) is 0 Å². The zero-order valence-corrected chi connectivity index (χ0v) is 18.4. The molecule has 0 amide bonds. The fourth-order valence-corrected chi connectivity index (χ4v) is 5.70. The van der Waals surface area contributed by atoms with Crippen molar-refractivity contribution in [1.82, 2.24) is 9.80 Å². The summed E-state index contributed by atoms with van der Waals surface area (Å²) >= 11 is 0. The smallest absolute Gasteiger partial charge is 0.0234 e. The molecule has 0 bridgehead atoms. The Labute approximate surface area is 187 Å². The highest BCUT2D eigenvalue weighted by Crippen LogP contribution is 2.35. The SMILES string of the molecule is c1ccc(CN2CC(CN3CCC(c4ccccc4)CC3)C(c3ccccc3)C2)cc1. The van der Waals surface area contributed by atoms with E-state index < -0.39 is 0 Å². The van der Waals surface area contributed by atoms with E-state index in [1.807, 2.05) is 0 Å². The lowest BCUT2D eigenvalue weighted by Crippen LogP contribution is -2.38. The van der Waals surface area contributed by atoms with E-state index in [9.17, 15) is 0 Å². The minimum atomic E-state index is 0.636. The second kappa shape index (κ2) is 9.80. The first-order valence-electron chi connectivity index (χ1n) is 11.9. The van der Waals surface area contributed by atoms with Crippen LogP contribution in [0.3, 0.4) is 0 Å². The van der Waals surface area contributed by atoms with Crippen molar-refractivity contribution in [1.29, 1.82) is 0 Å². The Hall–Kier alpha value is -2.42. The minimum absolute atomic E-state index is 0.636. The van der Waals surface area contributed by atoms with E-state index in [1.54, 1.807) is 0 Å². The lowest BCUT2D eigenvalue weighted by atomic mass is 9.86. The zero-order chi connectivity index (χ0) is 20.9. The predicted octanol–water partition coefficient (Wildman–Crippen LogP) is 5.78. The Morgan fingerprint density at radius 3 is 1.84 bits per heavy atom. The maximum absolute atomic E-state index is 2.74. The number of likely N-dealkylation sites (tertiary alicyclic amines) is 2. The molecule has 0 aromatic heterocycles. The molecule has 3 aromatic carbocycles. The van der Waals surface area contributed by atoms with E-state index in [-0.39, 0.29) is 0 Å². The summed E-state index contributed by atoms with van der Waals surface area (Å²) in [7, 11) is 0. The number of nitrogens with zero attached hydrogens (tertiary/aromatic N) is 2. The topological polar surface area (TPSA) is 6.48 Å². The highest BCUT2D eigenvalue weighted by molar-refractivity contribution is 5.24. The van der Waals surface area contributed by atoms with Crippen molar-refractivity contribution in [3.05, 3.63) is 108 Å². The molecule has 2 heterocycles. The Balaban J connectivity index is 1.24. The van der Waals surface area contributed by atoms with Crippen molar-refractivity contribution in [3.8, 4) is 0 Å². The van der Waals surface area contributed by atoms with E-state index >= 15 is 0 Å². The molecule has 31 heavy (non-hydrogen) atoms. The van der Waals surface area contributed by atoms with Crippen LogP contribution in [0.4, 0.5) is 0 Å². The molecule has 2 aliphatic heterocycles. The Morgan fingerprint density at radius 2 is 1.19 bits per heavy atom. The van der Waals surface area contributed by atoms with Crippen molar-refractivity contribution < 1.29 is 0 Å². The molecule has 3 aromatic rings. The highest BCUT2D eigenvalue weighted by Gasteiger charge is 2.35. The fraction of sp³-hybridized carbons (Fsp3) is 0.379. The van der Waals surface area contributed by atoms with Crippen molar-refractivity contribution in [2.24, 2.45) is 5.92 Å². The van der Waals surface area contributed by atoms with Crippen LogP contribution in [0.15, 0.2) is 91.0 Å². The summed E-state index contributed by atoms with van der Waals surface area (Å²) in [6.07, 6.45) is 2.58. The van der Waals surface area contributed by atoms with Crippen LogP contribution >= 0.6 is 0 Å². The summed E-state index contributed by atoms with van der Waals surface area (Å²) in [5.74, 6) is 2.08. The molecule has 0 aliphatic carbocycles. The molecule has 2 unspecified atom stereocenters. The standard InChI is InChI=1S/C29H34N2/c1-4-10-24(11-5-1)20-31-22-28(29(23-31)27-14-8-3-9-15-27)21-30-18-16-26(17-19-30)25-12-6-2-7-13-25/h1-15,26,28-29H,16-23H2. The van der Waals surface area contributed by atoms with E-state index in [2.05, 4.69) is 101 Å². The first kappa shape index (κ1) is 20.5. The van der Waals surface area contributed by atoms with Gasteiger partial charge >= 0.3 is 0 Å². The molecule has 0 saturated carbocycles. The van der Waals surface area contributed by atoms with Gasteiger partial charge < -0.3 is 4.90 Å². The van der Waals surface area contributed by atoms with Gasteiger partial charge in [-0.15, -0.1) is 0 Å². The van der Waals surface area contributed by atoms with Gasteiger partial charge in [0.25, 0.3) is 0 Å². The summed E-state index contributed by atoms with van der Waals surface area (Å²) in [5.41, 5.74) is 4.47. The molecule has 0 spiro atoms. The van der Waals surface area contributed by atoms with Crippen molar-refractivity contribution in [3.63, 3.8) is 0 Å². The van der Waals surface area contributed by atoms with Crippen LogP contribution in [0.2, 0.25) is 0 Å². The van der Waals surface area contributed by atoms with Crippen molar-refractivity contribution in [2.75, 3.05) is 32.7 Å². The average molecular weight is 411 g/mol. The van der Waals surface area contributed by atoms with Gasteiger partial charge in [-0.1, -0.05) is 91.0 Å². The number of hydrogen-bond donors (Lipinski definition) is 0. The van der Waals surface area contributed by atoms with Crippen LogP contribution in [0.25, 0.3) is 0 Å². The van der Waals surface area contributed by atoms with E-state index in [4.69, 9.17) is 0 Å². The largest absolute Gasteiger partial charge is 0.303 e. The number of piperidine rings is 1. The van der Waals surface area contributed by atoms with Crippen LogP contribution < -0.4 is 0 Å². The monoisotopic (exact) mass is 410 g/mol. The van der Waals surface area contributed by atoms with Crippen LogP contribution in [-0.4, -0.2) is 42.5 Å². The molecule has 0 N–H and O–H groups in total. The molecule has 160 valence electrons. The third-order valence-corrected chi connectivity index (χ3v) is 7.34. The van der Waals surface area contributed by atoms with Crippen LogP contribution in [-0.2, 0) is 6.54 Å². The number of hydrogen-bond acceptors (Lipinski definition) is 2. The van der Waals surface area contributed by atoms with Gasteiger partial charge in [-0.2, -0.15) is 0 Å². The van der Waals surface area contributed by atoms with Crippen molar-refractivity contribution >= 4 is 0 Å². The van der Waals surface area contributed by atoms with Gasteiger partial charge in [0.2, 0.25) is 0 Å². The molecular weight excluding hydrogens is 376 g/mol. The Morgan fingerprint density at radius 1 is 0.613 bits per heavy atom. The average Bonchev–Trinajstić information content (AvgIpc) is 3.23. The van der Waals surface area contributed by atoms with Gasteiger partial charge in [0, 0.05) is 32.1 Å². The molecule has 5 rings (SSSR count). The quantitative estimate of drug-likeness (QED) is 0.508. The van der Waals surface area contributed by atoms with E-state index in [1.165, 1.54) is 62.3 Å². The summed E-state index contributed by atoms with van der Waals surface area (Å²) in [4.78, 5) is 5.42. The van der Waals surface area contributed by atoms with E-state index in [0.29, 0.717) is 11.8 Å². The van der Waals surface area contributed by atoms with Crippen LogP contribution in [0, 0.1) is 5.92 Å². The maximum Gasteiger partial charge on any atom is 0.0234 e. The van der Waals surface area contributed by atoms with Crippen molar-refractivity contribution in [2.45, 2.75) is 31.2 Å². The first-order chi connectivity index (χ1) is 15.3. The van der Waals surface area contributed by atoms with E-state index in [0.717, 1.165) is 12.5 Å². The Bertz CT molecular complexity index is 917.